The highest BCUT2D eigenvalue weighted by molar-refractivity contribution is 5.37. The zero-order valence-electron chi connectivity index (χ0n) is 12.2. The van der Waals surface area contributed by atoms with Crippen LogP contribution in [0.15, 0.2) is 60.2 Å². The summed E-state index contributed by atoms with van der Waals surface area (Å²) in [6.07, 6.45) is 11.4. The second-order valence-corrected chi connectivity index (χ2v) is 5.55. The van der Waals surface area contributed by atoms with Crippen molar-refractivity contribution >= 4 is 0 Å². The molecule has 0 saturated carbocycles. The summed E-state index contributed by atoms with van der Waals surface area (Å²) in [5.74, 6) is 0.464. The summed E-state index contributed by atoms with van der Waals surface area (Å²) in [7, 11) is 0. The van der Waals surface area contributed by atoms with E-state index in [1.54, 1.807) is 0 Å². The van der Waals surface area contributed by atoms with E-state index >= 15 is 0 Å². The van der Waals surface area contributed by atoms with Crippen molar-refractivity contribution in [2.75, 3.05) is 0 Å². The van der Waals surface area contributed by atoms with E-state index in [2.05, 4.69) is 62.9 Å². The predicted molar refractivity (Wildman–Crippen MR) is 84.3 cm³/mol. The maximum Gasteiger partial charge on any atom is 0.00582 e. The van der Waals surface area contributed by atoms with E-state index < -0.39 is 0 Å². The SMILES string of the molecule is C=C1C=CC(C)=CC1Cc1ccc(CCCC)cc1. The molecule has 0 aliphatic heterocycles. The lowest BCUT2D eigenvalue weighted by atomic mass is 9.87. The first-order valence-corrected chi connectivity index (χ1v) is 7.32. The predicted octanol–water partition coefficient (Wildman–Crippen LogP) is 5.26. The van der Waals surface area contributed by atoms with Crippen molar-refractivity contribution in [1.82, 2.24) is 0 Å². The Kier molecular flexibility index (Phi) is 4.79. The van der Waals surface area contributed by atoms with Crippen LogP contribution in [-0.2, 0) is 12.8 Å². The quantitative estimate of drug-likeness (QED) is 0.670. The van der Waals surface area contributed by atoms with E-state index in [1.807, 2.05) is 0 Å². The van der Waals surface area contributed by atoms with Crippen LogP contribution in [0.1, 0.15) is 37.8 Å². The van der Waals surface area contributed by atoms with Crippen molar-refractivity contribution in [3.63, 3.8) is 0 Å². The molecule has 0 N–H and O–H groups in total. The Bertz CT molecular complexity index is 485. The van der Waals surface area contributed by atoms with Gasteiger partial charge in [-0.1, -0.05) is 68.0 Å². The molecule has 0 heteroatoms. The summed E-state index contributed by atoms with van der Waals surface area (Å²) >= 11 is 0. The number of aryl methyl sites for hydroxylation is 1. The van der Waals surface area contributed by atoms with E-state index in [0.29, 0.717) is 5.92 Å². The molecule has 0 spiro atoms. The molecule has 1 aliphatic rings. The van der Waals surface area contributed by atoms with Crippen LogP contribution in [0.5, 0.6) is 0 Å². The summed E-state index contributed by atoms with van der Waals surface area (Å²) in [4.78, 5) is 0. The highest BCUT2D eigenvalue weighted by atomic mass is 14.2. The molecule has 0 saturated heterocycles. The molecule has 0 bridgehead atoms. The minimum Gasteiger partial charge on any atom is -0.0952 e. The van der Waals surface area contributed by atoms with Crippen molar-refractivity contribution < 1.29 is 0 Å². The molecule has 19 heavy (non-hydrogen) atoms. The van der Waals surface area contributed by atoms with Crippen LogP contribution in [0.2, 0.25) is 0 Å². The summed E-state index contributed by atoms with van der Waals surface area (Å²) in [5, 5.41) is 0. The molecule has 0 fully saturated rings. The maximum absolute atomic E-state index is 4.15. The van der Waals surface area contributed by atoms with Crippen molar-refractivity contribution in [2.45, 2.75) is 39.5 Å². The van der Waals surface area contributed by atoms with E-state index in [1.165, 1.54) is 41.5 Å². The van der Waals surface area contributed by atoms with Gasteiger partial charge in [-0.05, 0) is 42.9 Å². The number of allylic oxidation sites excluding steroid dienone is 5. The van der Waals surface area contributed by atoms with Crippen LogP contribution in [0.25, 0.3) is 0 Å². The zero-order valence-corrected chi connectivity index (χ0v) is 12.2. The monoisotopic (exact) mass is 252 g/mol. The number of hydrogen-bond acceptors (Lipinski definition) is 0. The second-order valence-electron chi connectivity index (χ2n) is 5.55. The molecule has 0 heterocycles. The first-order valence-electron chi connectivity index (χ1n) is 7.32. The highest BCUT2D eigenvalue weighted by Crippen LogP contribution is 2.24. The lowest BCUT2D eigenvalue weighted by Gasteiger charge is -2.18. The van der Waals surface area contributed by atoms with Crippen molar-refractivity contribution in [3.05, 3.63) is 71.3 Å². The van der Waals surface area contributed by atoms with E-state index in [9.17, 15) is 0 Å². The Morgan fingerprint density at radius 2 is 1.74 bits per heavy atom. The van der Waals surface area contributed by atoms with Crippen LogP contribution in [0.4, 0.5) is 0 Å². The van der Waals surface area contributed by atoms with Crippen molar-refractivity contribution in [3.8, 4) is 0 Å². The normalized spacial score (nSPS) is 18.5. The average Bonchev–Trinajstić information content (AvgIpc) is 2.42. The Labute approximate surface area is 117 Å². The topological polar surface area (TPSA) is 0 Å². The van der Waals surface area contributed by atoms with Gasteiger partial charge in [-0.25, -0.2) is 0 Å². The van der Waals surface area contributed by atoms with Gasteiger partial charge in [0.05, 0.1) is 0 Å². The van der Waals surface area contributed by atoms with E-state index in [4.69, 9.17) is 0 Å². The number of benzene rings is 1. The van der Waals surface area contributed by atoms with E-state index in [0.717, 1.165) is 6.42 Å². The third-order valence-corrected chi connectivity index (χ3v) is 3.80. The largest absolute Gasteiger partial charge is 0.0952 e. The summed E-state index contributed by atoms with van der Waals surface area (Å²) in [6, 6.07) is 9.12. The molecular weight excluding hydrogens is 228 g/mol. The molecular formula is C19H24. The van der Waals surface area contributed by atoms with Crippen LogP contribution in [0, 0.1) is 5.92 Å². The van der Waals surface area contributed by atoms with Gasteiger partial charge in [-0.2, -0.15) is 0 Å². The van der Waals surface area contributed by atoms with Crippen LogP contribution in [0.3, 0.4) is 0 Å². The molecule has 1 aliphatic carbocycles. The minimum absolute atomic E-state index is 0.464. The Hall–Kier alpha value is -1.56. The van der Waals surface area contributed by atoms with Crippen LogP contribution >= 0.6 is 0 Å². The third-order valence-electron chi connectivity index (χ3n) is 3.80. The smallest absolute Gasteiger partial charge is 0.00582 e. The molecule has 1 aromatic carbocycles. The molecule has 0 amide bonds. The van der Waals surface area contributed by atoms with Gasteiger partial charge in [0.25, 0.3) is 0 Å². The standard InChI is InChI=1S/C19H24/c1-4-5-6-17-9-11-18(12-10-17)14-19-13-15(2)7-8-16(19)3/h7-13,19H,3-6,14H2,1-2H3. The molecule has 0 aromatic heterocycles. The highest BCUT2D eigenvalue weighted by Gasteiger charge is 2.12. The van der Waals surface area contributed by atoms with Gasteiger partial charge < -0.3 is 0 Å². The molecule has 1 atom stereocenters. The molecule has 100 valence electrons. The van der Waals surface area contributed by atoms with Gasteiger partial charge in [0.1, 0.15) is 0 Å². The fourth-order valence-electron chi connectivity index (χ4n) is 2.51. The van der Waals surface area contributed by atoms with Crippen molar-refractivity contribution in [2.24, 2.45) is 5.92 Å². The fourth-order valence-corrected chi connectivity index (χ4v) is 2.51. The van der Waals surface area contributed by atoms with Gasteiger partial charge in [0, 0.05) is 5.92 Å². The van der Waals surface area contributed by atoms with Gasteiger partial charge in [0.2, 0.25) is 0 Å². The van der Waals surface area contributed by atoms with Crippen LogP contribution < -0.4 is 0 Å². The molecule has 0 radical (unpaired) electrons. The first-order chi connectivity index (χ1) is 9.19. The number of unbranched alkanes of at least 4 members (excludes halogenated alkanes) is 1. The van der Waals surface area contributed by atoms with Gasteiger partial charge in [0.15, 0.2) is 0 Å². The lowest BCUT2D eigenvalue weighted by Crippen LogP contribution is -2.06. The average molecular weight is 252 g/mol. The minimum atomic E-state index is 0.464. The molecule has 1 aromatic rings. The first kappa shape index (κ1) is 13.9. The zero-order chi connectivity index (χ0) is 13.7. The van der Waals surface area contributed by atoms with Gasteiger partial charge >= 0.3 is 0 Å². The molecule has 2 rings (SSSR count). The summed E-state index contributed by atoms with van der Waals surface area (Å²) in [6.45, 7) is 8.55. The Balaban J connectivity index is 1.99. The van der Waals surface area contributed by atoms with E-state index in [-0.39, 0.29) is 0 Å². The number of hydrogen-bond donors (Lipinski definition) is 0. The lowest BCUT2D eigenvalue weighted by molar-refractivity contribution is 0.760. The molecule has 0 nitrogen and oxygen atoms in total. The van der Waals surface area contributed by atoms with Gasteiger partial charge in [-0.15, -0.1) is 0 Å². The summed E-state index contributed by atoms with van der Waals surface area (Å²) < 4.78 is 0. The number of rotatable bonds is 5. The van der Waals surface area contributed by atoms with Crippen LogP contribution in [-0.4, -0.2) is 0 Å². The fraction of sp³-hybridized carbons (Fsp3) is 0.368. The molecule has 1 unspecified atom stereocenters. The Morgan fingerprint density at radius 3 is 2.42 bits per heavy atom. The van der Waals surface area contributed by atoms with Crippen molar-refractivity contribution in [1.29, 1.82) is 0 Å². The Morgan fingerprint density at radius 1 is 1.05 bits per heavy atom. The maximum atomic E-state index is 4.15. The summed E-state index contributed by atoms with van der Waals surface area (Å²) in [5.41, 5.74) is 5.43. The van der Waals surface area contributed by atoms with Gasteiger partial charge in [-0.3, -0.25) is 0 Å². The third kappa shape index (κ3) is 3.96. The second kappa shape index (κ2) is 6.56.